The van der Waals surface area contributed by atoms with E-state index in [-0.39, 0.29) is 28.3 Å². The number of hydrogen-bond acceptors (Lipinski definition) is 4. The molecule has 1 atom stereocenters. The number of ketones is 1. The van der Waals surface area contributed by atoms with E-state index in [9.17, 15) is 27.9 Å². The van der Waals surface area contributed by atoms with Crippen molar-refractivity contribution in [2.24, 2.45) is 0 Å². The molecule has 5 nitrogen and oxygen atoms in total. The van der Waals surface area contributed by atoms with Gasteiger partial charge in [-0.25, -0.2) is 13.2 Å². The summed E-state index contributed by atoms with van der Waals surface area (Å²) in [5.74, 6) is -4.48. The number of amides is 1. The number of halogens is 3. The lowest BCUT2D eigenvalue weighted by Gasteiger charge is -2.26. The van der Waals surface area contributed by atoms with Crippen LogP contribution in [-0.4, -0.2) is 23.4 Å². The van der Waals surface area contributed by atoms with Crippen molar-refractivity contribution < 1.29 is 32.6 Å². The summed E-state index contributed by atoms with van der Waals surface area (Å²) in [5.41, 5.74) is 0.649. The molecule has 1 N–H and O–H groups in total. The molecule has 1 saturated heterocycles. The van der Waals surface area contributed by atoms with Gasteiger partial charge in [0.05, 0.1) is 23.9 Å². The highest BCUT2D eigenvalue weighted by Gasteiger charge is 2.47. The number of aliphatic hydroxyl groups excluding tert-OH is 1. The maximum absolute atomic E-state index is 14.8. The molecule has 3 aromatic carbocycles. The van der Waals surface area contributed by atoms with Crippen molar-refractivity contribution in [2.75, 3.05) is 11.5 Å². The Bertz CT molecular complexity index is 1370. The van der Waals surface area contributed by atoms with Crippen LogP contribution >= 0.6 is 0 Å². The fraction of sp³-hybridized carbons (Fsp3) is 0.214. The lowest BCUT2D eigenvalue weighted by atomic mass is 9.93. The van der Waals surface area contributed by atoms with Crippen molar-refractivity contribution in [3.05, 3.63) is 100 Å². The van der Waals surface area contributed by atoms with Gasteiger partial charge in [0, 0.05) is 11.6 Å². The predicted molar refractivity (Wildman–Crippen MR) is 129 cm³/mol. The number of Topliss-reactive ketones (excluding diaryl/α,β-unsaturated/α-hetero) is 1. The summed E-state index contributed by atoms with van der Waals surface area (Å²) >= 11 is 0. The second kappa shape index (κ2) is 9.89. The third kappa shape index (κ3) is 4.46. The van der Waals surface area contributed by atoms with Crippen LogP contribution in [0.5, 0.6) is 5.75 Å². The Hall–Kier alpha value is -4.07. The van der Waals surface area contributed by atoms with E-state index in [0.29, 0.717) is 18.4 Å². The number of anilines is 1. The molecule has 1 aliphatic heterocycles. The molecule has 1 amide bonds. The Labute approximate surface area is 206 Å². The Morgan fingerprint density at radius 1 is 0.972 bits per heavy atom. The average Bonchev–Trinajstić information content (AvgIpc) is 3.10. The first-order valence-corrected chi connectivity index (χ1v) is 11.4. The van der Waals surface area contributed by atoms with Gasteiger partial charge in [-0.05, 0) is 66.4 Å². The van der Waals surface area contributed by atoms with Crippen LogP contribution in [0, 0.1) is 17.5 Å². The van der Waals surface area contributed by atoms with Crippen molar-refractivity contribution in [2.45, 2.75) is 32.7 Å². The number of benzene rings is 3. The number of carbonyl (C=O) groups excluding carboxylic acids is 2. The average molecular weight is 495 g/mol. The number of hydrogen-bond donors (Lipinski definition) is 1. The van der Waals surface area contributed by atoms with Gasteiger partial charge < -0.3 is 9.84 Å². The molecule has 0 bridgehead atoms. The zero-order chi connectivity index (χ0) is 26.1. The molecule has 0 spiro atoms. The minimum atomic E-state index is -1.28. The number of carbonyl (C=O) groups is 2. The first-order valence-electron chi connectivity index (χ1n) is 11.4. The summed E-state index contributed by atoms with van der Waals surface area (Å²) in [4.78, 5) is 27.2. The Kier molecular flexibility index (Phi) is 6.88. The Morgan fingerprint density at radius 2 is 1.64 bits per heavy atom. The summed E-state index contributed by atoms with van der Waals surface area (Å²) in [6, 6.07) is 11.1. The maximum Gasteiger partial charge on any atom is 0.300 e. The van der Waals surface area contributed by atoms with Crippen LogP contribution in [0.3, 0.4) is 0 Å². The summed E-state index contributed by atoms with van der Waals surface area (Å²) in [5, 5.41) is 11.3. The normalized spacial score (nSPS) is 17.2. The van der Waals surface area contributed by atoms with Crippen molar-refractivity contribution in [1.82, 2.24) is 0 Å². The number of nitrogens with zero attached hydrogens (tertiary/aromatic N) is 1. The fourth-order valence-electron chi connectivity index (χ4n) is 4.31. The van der Waals surface area contributed by atoms with Gasteiger partial charge >= 0.3 is 0 Å². The van der Waals surface area contributed by atoms with Gasteiger partial charge in [0.25, 0.3) is 11.7 Å². The molecule has 3 aromatic rings. The second-order valence-corrected chi connectivity index (χ2v) is 8.66. The minimum absolute atomic E-state index is 0.0166. The molecule has 1 heterocycles. The third-order valence-corrected chi connectivity index (χ3v) is 6.00. The molecule has 0 aromatic heterocycles. The summed E-state index contributed by atoms with van der Waals surface area (Å²) in [6.45, 7) is 6.16. The van der Waals surface area contributed by atoms with Crippen LogP contribution in [0.2, 0.25) is 0 Å². The molecule has 4 rings (SSSR count). The monoisotopic (exact) mass is 495 g/mol. The van der Waals surface area contributed by atoms with Crippen molar-refractivity contribution in [1.29, 1.82) is 0 Å². The van der Waals surface area contributed by atoms with Gasteiger partial charge in [0.2, 0.25) is 0 Å². The summed E-state index contributed by atoms with van der Waals surface area (Å²) < 4.78 is 47.7. The van der Waals surface area contributed by atoms with Gasteiger partial charge in [-0.1, -0.05) is 26.0 Å². The van der Waals surface area contributed by atoms with Crippen molar-refractivity contribution in [3.8, 4) is 5.75 Å². The van der Waals surface area contributed by atoms with E-state index >= 15 is 0 Å². The fourth-order valence-corrected chi connectivity index (χ4v) is 4.31. The Balaban J connectivity index is 1.95. The van der Waals surface area contributed by atoms with Crippen LogP contribution in [0.1, 0.15) is 49.4 Å². The predicted octanol–water partition coefficient (Wildman–Crippen LogP) is 6.25. The molecule has 8 heteroatoms. The topological polar surface area (TPSA) is 66.8 Å². The molecule has 0 radical (unpaired) electrons. The third-order valence-electron chi connectivity index (χ3n) is 6.00. The standard InChI is InChI=1S/C28H24F3NO4/c1-4-36-23-12-7-17(13-20(23)15(2)3)26(33)24-25(16-5-8-18(29)9-6-16)32(28(35)27(24)34)22-11-10-19(30)14-21(22)31/h5-15,25,33H,4H2,1-3H3/b26-24-. The van der Waals surface area contributed by atoms with E-state index in [2.05, 4.69) is 0 Å². The maximum atomic E-state index is 14.8. The van der Waals surface area contributed by atoms with E-state index in [1.807, 2.05) is 20.8 Å². The smallest absolute Gasteiger partial charge is 0.300 e. The molecular weight excluding hydrogens is 471 g/mol. The largest absolute Gasteiger partial charge is 0.507 e. The van der Waals surface area contributed by atoms with E-state index in [4.69, 9.17) is 4.74 Å². The van der Waals surface area contributed by atoms with E-state index in [1.54, 1.807) is 18.2 Å². The van der Waals surface area contributed by atoms with Crippen LogP contribution in [0.4, 0.5) is 18.9 Å². The molecule has 36 heavy (non-hydrogen) atoms. The van der Waals surface area contributed by atoms with Gasteiger partial charge in [-0.3, -0.25) is 14.5 Å². The zero-order valence-electron chi connectivity index (χ0n) is 19.9. The highest BCUT2D eigenvalue weighted by Crippen LogP contribution is 2.43. The number of ether oxygens (including phenoxy) is 1. The van der Waals surface area contributed by atoms with Gasteiger partial charge in [-0.15, -0.1) is 0 Å². The molecular formula is C28H24F3NO4. The molecule has 1 aliphatic rings. The van der Waals surface area contributed by atoms with Crippen LogP contribution in [0.25, 0.3) is 5.76 Å². The van der Waals surface area contributed by atoms with E-state index < -0.39 is 40.9 Å². The Morgan fingerprint density at radius 3 is 2.25 bits per heavy atom. The second-order valence-electron chi connectivity index (χ2n) is 8.66. The quantitative estimate of drug-likeness (QED) is 0.249. The van der Waals surface area contributed by atoms with E-state index in [1.165, 1.54) is 12.1 Å². The molecule has 1 unspecified atom stereocenters. The molecule has 186 valence electrons. The lowest BCUT2D eigenvalue weighted by Crippen LogP contribution is -2.30. The number of rotatable bonds is 6. The lowest BCUT2D eigenvalue weighted by molar-refractivity contribution is -0.132. The number of aliphatic hydroxyl groups is 1. The zero-order valence-corrected chi connectivity index (χ0v) is 19.9. The van der Waals surface area contributed by atoms with E-state index in [0.717, 1.165) is 34.7 Å². The van der Waals surface area contributed by atoms with Crippen molar-refractivity contribution >= 4 is 23.1 Å². The minimum Gasteiger partial charge on any atom is -0.507 e. The van der Waals surface area contributed by atoms with Gasteiger partial charge in [-0.2, -0.15) is 0 Å². The molecule has 1 fully saturated rings. The first-order chi connectivity index (χ1) is 17.1. The van der Waals surface area contributed by atoms with Crippen LogP contribution in [0.15, 0.2) is 66.2 Å². The van der Waals surface area contributed by atoms with Crippen LogP contribution < -0.4 is 9.64 Å². The summed E-state index contributed by atoms with van der Waals surface area (Å²) in [7, 11) is 0. The van der Waals surface area contributed by atoms with Gasteiger partial charge in [0.15, 0.2) is 0 Å². The van der Waals surface area contributed by atoms with Crippen molar-refractivity contribution in [3.63, 3.8) is 0 Å². The first kappa shape index (κ1) is 25.0. The molecule has 0 aliphatic carbocycles. The SMILES string of the molecule is CCOc1ccc(/C(O)=C2/C(=O)C(=O)N(c3ccc(F)cc3F)C2c2ccc(F)cc2)cc1C(C)C. The molecule has 0 saturated carbocycles. The van der Waals surface area contributed by atoms with Crippen LogP contribution in [-0.2, 0) is 9.59 Å². The summed E-state index contributed by atoms with van der Waals surface area (Å²) in [6.07, 6.45) is 0. The highest BCUT2D eigenvalue weighted by molar-refractivity contribution is 6.51. The highest BCUT2D eigenvalue weighted by atomic mass is 19.1. The van der Waals surface area contributed by atoms with Gasteiger partial charge in [0.1, 0.15) is 29.0 Å².